The van der Waals surface area contributed by atoms with E-state index in [-0.39, 0.29) is 5.78 Å². The summed E-state index contributed by atoms with van der Waals surface area (Å²) in [4.78, 5) is 12.4. The first-order chi connectivity index (χ1) is 9.15. The molecule has 2 aromatic rings. The summed E-state index contributed by atoms with van der Waals surface area (Å²) in [6, 6.07) is 14.3. The third kappa shape index (κ3) is 2.63. The van der Waals surface area contributed by atoms with Crippen molar-refractivity contribution in [1.82, 2.24) is 0 Å². The summed E-state index contributed by atoms with van der Waals surface area (Å²) in [7, 11) is 0. The highest BCUT2D eigenvalue weighted by atomic mass is 127. The van der Waals surface area contributed by atoms with Gasteiger partial charge in [0.25, 0.3) is 0 Å². The van der Waals surface area contributed by atoms with Crippen molar-refractivity contribution in [3.63, 3.8) is 0 Å². The lowest BCUT2D eigenvalue weighted by atomic mass is 9.74. The molecule has 0 saturated carbocycles. The van der Waals surface area contributed by atoms with Crippen LogP contribution >= 0.6 is 38.5 Å². The third-order valence-electron chi connectivity index (χ3n) is 3.62. The van der Waals surface area contributed by atoms with E-state index in [0.717, 1.165) is 20.0 Å². The lowest BCUT2D eigenvalue weighted by Crippen LogP contribution is -2.20. The summed E-state index contributed by atoms with van der Waals surface area (Å²) in [5.74, 6) is 0.623. The summed E-state index contributed by atoms with van der Waals surface area (Å²) in [5.41, 5.74) is 3.54. The number of ketones is 1. The summed E-state index contributed by atoms with van der Waals surface area (Å²) in [6.07, 6.45) is 1.64. The maximum absolute atomic E-state index is 12.4. The van der Waals surface area contributed by atoms with Gasteiger partial charge in [-0.2, -0.15) is 0 Å². The number of fused-ring (bicyclic) bond motifs is 1. The van der Waals surface area contributed by atoms with Gasteiger partial charge in [-0.1, -0.05) is 40.2 Å². The van der Waals surface area contributed by atoms with Crippen molar-refractivity contribution in [2.24, 2.45) is 0 Å². The standard InChI is InChI=1S/C16H12BrIO/c17-15-6-5-12(18)9-14(15)16(19)8-11-7-10-3-1-2-4-13(10)11/h1-6,9,11H,7-8H2. The predicted octanol–water partition coefficient (Wildman–Crippen LogP) is 4.97. The van der Waals surface area contributed by atoms with Crippen LogP contribution in [0.2, 0.25) is 0 Å². The number of rotatable bonds is 3. The third-order valence-corrected chi connectivity index (χ3v) is 4.98. The van der Waals surface area contributed by atoms with Crippen LogP contribution in [0.25, 0.3) is 0 Å². The maximum Gasteiger partial charge on any atom is 0.164 e. The van der Waals surface area contributed by atoms with Crippen LogP contribution in [-0.4, -0.2) is 5.78 Å². The lowest BCUT2D eigenvalue weighted by Gasteiger charge is -2.29. The first-order valence-corrected chi connectivity index (χ1v) is 8.08. The normalized spacial score (nSPS) is 16.6. The Labute approximate surface area is 134 Å². The van der Waals surface area contributed by atoms with Gasteiger partial charge in [0, 0.05) is 20.0 Å². The molecule has 0 radical (unpaired) electrons. The Morgan fingerprint density at radius 1 is 1.26 bits per heavy atom. The molecule has 0 bridgehead atoms. The smallest absolute Gasteiger partial charge is 0.164 e. The summed E-state index contributed by atoms with van der Waals surface area (Å²) in [6.45, 7) is 0. The van der Waals surface area contributed by atoms with Crippen LogP contribution in [0.3, 0.4) is 0 Å². The number of carbonyl (C=O) groups excluding carboxylic acids is 1. The monoisotopic (exact) mass is 426 g/mol. The van der Waals surface area contributed by atoms with Crippen molar-refractivity contribution in [2.75, 3.05) is 0 Å². The highest BCUT2D eigenvalue weighted by molar-refractivity contribution is 14.1. The summed E-state index contributed by atoms with van der Waals surface area (Å²) in [5, 5.41) is 0. The first-order valence-electron chi connectivity index (χ1n) is 6.21. The van der Waals surface area contributed by atoms with Gasteiger partial charge in [0.2, 0.25) is 0 Å². The molecular weight excluding hydrogens is 415 g/mol. The molecule has 0 aromatic heterocycles. The van der Waals surface area contributed by atoms with Crippen LogP contribution in [0.5, 0.6) is 0 Å². The van der Waals surface area contributed by atoms with Gasteiger partial charge in [-0.25, -0.2) is 0 Å². The van der Waals surface area contributed by atoms with E-state index in [2.05, 4.69) is 62.8 Å². The van der Waals surface area contributed by atoms with E-state index in [1.807, 2.05) is 18.2 Å². The molecule has 0 N–H and O–H groups in total. The second-order valence-electron chi connectivity index (χ2n) is 4.85. The molecule has 1 atom stereocenters. The minimum absolute atomic E-state index is 0.227. The lowest BCUT2D eigenvalue weighted by molar-refractivity contribution is 0.0969. The fourth-order valence-electron chi connectivity index (χ4n) is 2.59. The van der Waals surface area contributed by atoms with Gasteiger partial charge in [-0.15, -0.1) is 0 Å². The highest BCUT2D eigenvalue weighted by Crippen LogP contribution is 2.38. The van der Waals surface area contributed by atoms with Gasteiger partial charge < -0.3 is 0 Å². The number of halogens is 2. The van der Waals surface area contributed by atoms with Crippen LogP contribution in [0.4, 0.5) is 0 Å². The minimum Gasteiger partial charge on any atom is -0.294 e. The Hall–Kier alpha value is -0.680. The Bertz CT molecular complexity index is 651. The van der Waals surface area contributed by atoms with Crippen LogP contribution in [0.15, 0.2) is 46.9 Å². The van der Waals surface area contributed by atoms with Gasteiger partial charge in [0.1, 0.15) is 0 Å². The SMILES string of the molecule is O=C(CC1Cc2ccccc21)c1cc(I)ccc1Br. The molecule has 1 unspecified atom stereocenters. The highest BCUT2D eigenvalue weighted by Gasteiger charge is 2.28. The summed E-state index contributed by atoms with van der Waals surface area (Å²) >= 11 is 5.71. The van der Waals surface area contributed by atoms with E-state index < -0.39 is 0 Å². The van der Waals surface area contributed by atoms with Crippen molar-refractivity contribution >= 4 is 44.3 Å². The Kier molecular flexibility index (Phi) is 3.76. The molecule has 0 spiro atoms. The van der Waals surface area contributed by atoms with Crippen LogP contribution in [-0.2, 0) is 6.42 Å². The van der Waals surface area contributed by atoms with E-state index in [9.17, 15) is 4.79 Å². The molecule has 3 heteroatoms. The van der Waals surface area contributed by atoms with E-state index in [4.69, 9.17) is 0 Å². The maximum atomic E-state index is 12.4. The molecule has 0 heterocycles. The van der Waals surface area contributed by atoms with Crippen LogP contribution in [0.1, 0.15) is 33.8 Å². The molecule has 1 nitrogen and oxygen atoms in total. The molecule has 19 heavy (non-hydrogen) atoms. The molecule has 1 aliphatic carbocycles. The predicted molar refractivity (Wildman–Crippen MR) is 88.7 cm³/mol. The van der Waals surface area contributed by atoms with Gasteiger partial charge in [-0.05, 0) is 64.3 Å². The molecule has 0 saturated heterocycles. The molecule has 3 rings (SSSR count). The molecule has 0 aliphatic heterocycles. The Morgan fingerprint density at radius 3 is 2.84 bits per heavy atom. The summed E-state index contributed by atoms with van der Waals surface area (Å²) < 4.78 is 1.99. The van der Waals surface area contributed by atoms with E-state index >= 15 is 0 Å². The number of hydrogen-bond donors (Lipinski definition) is 0. The molecule has 96 valence electrons. The van der Waals surface area contributed by atoms with Gasteiger partial charge >= 0.3 is 0 Å². The van der Waals surface area contributed by atoms with Crippen molar-refractivity contribution in [3.05, 3.63) is 67.2 Å². The average molecular weight is 427 g/mol. The minimum atomic E-state index is 0.227. The van der Waals surface area contributed by atoms with Crippen LogP contribution < -0.4 is 0 Å². The van der Waals surface area contributed by atoms with Crippen molar-refractivity contribution in [2.45, 2.75) is 18.8 Å². The second-order valence-corrected chi connectivity index (χ2v) is 6.95. The Morgan fingerprint density at radius 2 is 2.05 bits per heavy atom. The molecule has 0 fully saturated rings. The molecule has 0 amide bonds. The van der Waals surface area contributed by atoms with E-state index in [1.165, 1.54) is 11.1 Å². The zero-order chi connectivity index (χ0) is 13.4. The van der Waals surface area contributed by atoms with Crippen molar-refractivity contribution in [3.8, 4) is 0 Å². The zero-order valence-electron chi connectivity index (χ0n) is 10.2. The van der Waals surface area contributed by atoms with Crippen molar-refractivity contribution < 1.29 is 4.79 Å². The van der Waals surface area contributed by atoms with Crippen LogP contribution in [0, 0.1) is 3.57 Å². The zero-order valence-corrected chi connectivity index (χ0v) is 13.9. The topological polar surface area (TPSA) is 17.1 Å². The molecule has 1 aliphatic rings. The fourth-order valence-corrected chi connectivity index (χ4v) is 3.55. The average Bonchev–Trinajstić information content (AvgIpc) is 2.38. The number of benzene rings is 2. The number of carbonyl (C=O) groups is 1. The van der Waals surface area contributed by atoms with E-state index in [0.29, 0.717) is 12.3 Å². The van der Waals surface area contributed by atoms with Gasteiger partial charge in [0.15, 0.2) is 5.78 Å². The molecule has 2 aromatic carbocycles. The largest absolute Gasteiger partial charge is 0.294 e. The number of Topliss-reactive ketones (excluding diaryl/α,β-unsaturated/α-hetero) is 1. The van der Waals surface area contributed by atoms with E-state index in [1.54, 1.807) is 0 Å². The Balaban J connectivity index is 1.79. The number of hydrogen-bond acceptors (Lipinski definition) is 1. The quantitative estimate of drug-likeness (QED) is 0.500. The molecular formula is C16H12BrIO. The van der Waals surface area contributed by atoms with Gasteiger partial charge in [-0.3, -0.25) is 4.79 Å². The second kappa shape index (κ2) is 5.37. The first kappa shape index (κ1) is 13.3. The van der Waals surface area contributed by atoms with Crippen molar-refractivity contribution in [1.29, 1.82) is 0 Å². The van der Waals surface area contributed by atoms with Gasteiger partial charge in [0.05, 0.1) is 0 Å². The fraction of sp³-hybridized carbons (Fsp3) is 0.188.